The van der Waals surface area contributed by atoms with Crippen molar-refractivity contribution in [3.8, 4) is 0 Å². The van der Waals surface area contributed by atoms with Crippen LogP contribution in [0.2, 0.25) is 0 Å². The molecule has 0 fully saturated rings. The van der Waals surface area contributed by atoms with Gasteiger partial charge in [-0.05, 0) is 32.1 Å². The number of carbonyl (C=O) groups excluding carboxylic acids is 8. The molecule has 0 aliphatic carbocycles. The van der Waals surface area contributed by atoms with E-state index in [0.717, 1.165) is 77.0 Å². The quantitative estimate of drug-likeness (QED) is 0.0312. The molecule has 0 aliphatic rings. The fourth-order valence-electron chi connectivity index (χ4n) is 6.56. The Labute approximate surface area is 410 Å². The number of aliphatic carboxylic acids is 2. The molecule has 0 saturated carbocycles. The third kappa shape index (κ3) is 40.6. The van der Waals surface area contributed by atoms with E-state index >= 15 is 0 Å². The van der Waals surface area contributed by atoms with Gasteiger partial charge in [0.2, 0.25) is 35.4 Å². The Morgan fingerprint density at radius 3 is 1.26 bits per heavy atom. The molecule has 0 spiro atoms. The molecule has 23 nitrogen and oxygen atoms in total. The Balaban J connectivity index is 3.98. The number of halogens is 1. The van der Waals surface area contributed by atoms with Crippen LogP contribution in [0.3, 0.4) is 0 Å². The molecular weight excluding hydrogens is 926 g/mol. The molecule has 0 heterocycles. The third-order valence-corrected chi connectivity index (χ3v) is 10.4. The van der Waals surface area contributed by atoms with Gasteiger partial charge in [-0.2, -0.15) is 0 Å². The number of ether oxygens (including phenoxy) is 4. The lowest BCUT2D eigenvalue weighted by atomic mass is 9.92. The van der Waals surface area contributed by atoms with Gasteiger partial charge in [0.15, 0.2) is 7.85 Å². The van der Waals surface area contributed by atoms with Gasteiger partial charge >= 0.3 is 17.9 Å². The number of nitrogens with two attached hydrogens (primary N) is 1. The Bertz CT molecular complexity index is 1570. The minimum atomic E-state index is -1.41. The van der Waals surface area contributed by atoms with Crippen molar-refractivity contribution >= 4 is 66.9 Å². The van der Waals surface area contributed by atoms with Crippen LogP contribution in [0, 0.1) is 0 Å². The predicted octanol–water partition coefficient (Wildman–Crippen LogP) is 1.10. The largest absolute Gasteiger partial charge is 0.480 e. The van der Waals surface area contributed by atoms with Gasteiger partial charge in [-0.1, -0.05) is 77.0 Å². The second-order valence-corrected chi connectivity index (χ2v) is 16.5. The number of unbranched alkanes of at least 4 members (excludes halogenated alkanes) is 13. The number of carbonyl (C=O) groups is 10. The molecule has 3 atom stereocenters. The van der Waals surface area contributed by atoms with Crippen molar-refractivity contribution in [1.29, 1.82) is 0 Å². The first-order chi connectivity index (χ1) is 33.5. The first-order valence-corrected chi connectivity index (χ1v) is 24.1. The molecule has 2 unspecified atom stereocenters. The zero-order valence-corrected chi connectivity index (χ0v) is 40.4. The molecular formula is C45H76BFN6O17. The van der Waals surface area contributed by atoms with E-state index in [2.05, 4.69) is 31.5 Å². The first-order valence-electron chi connectivity index (χ1n) is 24.1. The maximum absolute atomic E-state index is 12.5. The maximum atomic E-state index is 12.5. The molecule has 25 heteroatoms. The van der Waals surface area contributed by atoms with Crippen LogP contribution < -0.4 is 32.3 Å². The molecule has 9 N–H and O–H groups in total. The van der Waals surface area contributed by atoms with E-state index in [-0.39, 0.29) is 117 Å². The smallest absolute Gasteiger partial charge is 0.348 e. The SMILES string of the molecule is [B]C(=O)C(CCC(N)=O)NC(=O)COCCOCCNC(=O)COCCOCCNC(=O)CC[C@H](NC(=O)CCC(NC(=O)CCCCCCCCCCCCCCCCC(=O)OF)C(=O)O)C(=O)O. The third-order valence-electron chi connectivity index (χ3n) is 10.4. The van der Waals surface area contributed by atoms with E-state index in [1.165, 1.54) is 0 Å². The maximum Gasteiger partial charge on any atom is 0.348 e. The van der Waals surface area contributed by atoms with E-state index in [4.69, 9.17) is 32.5 Å². The van der Waals surface area contributed by atoms with Gasteiger partial charge in [-0.15, -0.1) is 0 Å². The molecule has 398 valence electrons. The van der Waals surface area contributed by atoms with E-state index in [0.29, 0.717) is 12.8 Å². The summed E-state index contributed by atoms with van der Waals surface area (Å²) in [5.74, 6) is -6.85. The van der Waals surface area contributed by atoms with Crippen molar-refractivity contribution < 1.29 is 86.6 Å². The van der Waals surface area contributed by atoms with E-state index in [1.807, 2.05) is 0 Å². The normalized spacial score (nSPS) is 12.2. The summed E-state index contributed by atoms with van der Waals surface area (Å²) in [5.41, 5.74) is 4.23. The second kappa shape index (κ2) is 43.7. The van der Waals surface area contributed by atoms with E-state index < -0.39 is 77.2 Å². The van der Waals surface area contributed by atoms with Crippen molar-refractivity contribution in [2.24, 2.45) is 5.73 Å². The standard InChI is InChI=1S/C45H76BFN6O17/c46-43(61)33(17-20-36(48)54)51-41(59)32-69-30-28-67-26-24-50-40(58)31-68-29-27-66-25-23-49-37(55)21-18-34(44(62)63)53-39(57)22-19-35(45(64)65)52-38(56)15-13-11-9-7-5-3-1-2-4-6-8-10-12-14-16-42(60)70-47/h33-35H,1-32H2,(H2,48,54)(H,49,55)(H,50,58)(H,51,59)(H,52,56)(H,53,57)(H,62,63)(H,64,65)/t33?,34-,35?/m0/s1. The number of amides is 6. The number of nitrogens with one attached hydrogen (secondary N) is 5. The lowest BCUT2D eigenvalue weighted by Crippen LogP contribution is -2.44. The fraction of sp³-hybridized carbons (Fsp3) is 0.778. The van der Waals surface area contributed by atoms with Gasteiger partial charge in [-0.3, -0.25) is 33.7 Å². The molecule has 0 rings (SSSR count). The summed E-state index contributed by atoms with van der Waals surface area (Å²) in [6, 6.07) is -3.80. The number of rotatable bonds is 48. The number of hydrogen-bond donors (Lipinski definition) is 8. The molecule has 0 aromatic heterocycles. The molecule has 0 bridgehead atoms. The molecule has 6 amide bonds. The summed E-state index contributed by atoms with van der Waals surface area (Å²) >= 11 is 0. The Morgan fingerprint density at radius 1 is 0.443 bits per heavy atom. The molecule has 70 heavy (non-hydrogen) atoms. The Morgan fingerprint density at radius 2 is 0.814 bits per heavy atom. The highest BCUT2D eigenvalue weighted by Gasteiger charge is 2.25. The van der Waals surface area contributed by atoms with Gasteiger partial charge < -0.3 is 66.3 Å². The van der Waals surface area contributed by atoms with E-state index in [1.54, 1.807) is 0 Å². The van der Waals surface area contributed by atoms with Crippen molar-refractivity contribution in [2.45, 2.75) is 159 Å². The van der Waals surface area contributed by atoms with Crippen LogP contribution in [0.25, 0.3) is 0 Å². The summed E-state index contributed by atoms with van der Waals surface area (Å²) < 4.78 is 32.7. The van der Waals surface area contributed by atoms with Gasteiger partial charge in [0.25, 0.3) is 0 Å². The second-order valence-electron chi connectivity index (χ2n) is 16.5. The highest BCUT2D eigenvalue weighted by molar-refractivity contribution is 6.59. The van der Waals surface area contributed by atoms with Crippen molar-refractivity contribution in [3.05, 3.63) is 0 Å². The molecule has 0 aromatic rings. The van der Waals surface area contributed by atoms with Crippen LogP contribution in [0.15, 0.2) is 0 Å². The number of carboxylic acid groups (broad SMARTS) is 2. The van der Waals surface area contributed by atoms with Crippen molar-refractivity contribution in [3.63, 3.8) is 0 Å². The molecule has 0 aliphatic heterocycles. The van der Waals surface area contributed by atoms with Gasteiger partial charge in [0.05, 0.1) is 51.4 Å². The topological polar surface area (TPSA) is 343 Å². The fourth-order valence-corrected chi connectivity index (χ4v) is 6.56. The first kappa shape index (κ1) is 64.7. The van der Waals surface area contributed by atoms with Crippen LogP contribution in [0.1, 0.15) is 141 Å². The highest BCUT2D eigenvalue weighted by Crippen LogP contribution is 2.14. The summed E-state index contributed by atoms with van der Waals surface area (Å²) in [4.78, 5) is 121. The highest BCUT2D eigenvalue weighted by atomic mass is 19.3. The predicted molar refractivity (Wildman–Crippen MR) is 249 cm³/mol. The number of primary amides is 1. The summed E-state index contributed by atoms with van der Waals surface area (Å²) in [5, 5.41) is 31.4. The summed E-state index contributed by atoms with van der Waals surface area (Å²) in [6.07, 6.45) is 12.9. The molecule has 0 aromatic carbocycles. The average molecular weight is 1000 g/mol. The Kier molecular flexibility index (Phi) is 40.4. The minimum Gasteiger partial charge on any atom is -0.480 e. The van der Waals surface area contributed by atoms with Crippen LogP contribution in [0.4, 0.5) is 4.53 Å². The summed E-state index contributed by atoms with van der Waals surface area (Å²) in [6.45, 7) is 0.277. The lowest BCUT2D eigenvalue weighted by molar-refractivity contribution is -0.183. The minimum absolute atomic E-state index is 0.0252. The zero-order valence-electron chi connectivity index (χ0n) is 40.4. The average Bonchev–Trinajstić information content (AvgIpc) is 3.31. The Hall–Kier alpha value is -5.27. The van der Waals surface area contributed by atoms with Crippen LogP contribution >= 0.6 is 0 Å². The number of hydrogen-bond acceptors (Lipinski definition) is 15. The van der Waals surface area contributed by atoms with Crippen LogP contribution in [-0.2, 0) is 71.8 Å². The number of carboxylic acids is 2. The van der Waals surface area contributed by atoms with Crippen LogP contribution in [0.5, 0.6) is 0 Å². The zero-order chi connectivity index (χ0) is 52.2. The lowest BCUT2D eigenvalue weighted by Gasteiger charge is -2.17. The van der Waals surface area contributed by atoms with Crippen molar-refractivity contribution in [2.75, 3.05) is 65.9 Å². The van der Waals surface area contributed by atoms with Crippen molar-refractivity contribution in [1.82, 2.24) is 26.6 Å². The van der Waals surface area contributed by atoms with E-state index in [9.17, 15) is 62.7 Å². The van der Waals surface area contributed by atoms with Gasteiger partial charge in [-0.25, -0.2) is 14.4 Å². The van der Waals surface area contributed by atoms with Gasteiger partial charge in [0, 0.05) is 49.7 Å². The molecule has 2 radical (unpaired) electrons. The summed E-state index contributed by atoms with van der Waals surface area (Å²) in [7, 11) is 5.20. The molecule has 0 saturated heterocycles. The van der Waals surface area contributed by atoms with Gasteiger partial charge in [0.1, 0.15) is 25.3 Å². The van der Waals surface area contributed by atoms with Crippen LogP contribution in [-0.4, -0.2) is 161 Å². The monoisotopic (exact) mass is 1000 g/mol.